The minimum absolute atomic E-state index is 0.341. The molecule has 17 N–H and O–H groups in total. The number of ether oxygens (including phenoxy) is 11. The molecule has 2 amide bonds. The summed E-state index contributed by atoms with van der Waals surface area (Å²) >= 11 is 0. The Balaban J connectivity index is 1.08. The van der Waals surface area contributed by atoms with E-state index in [0.717, 1.165) is 13.8 Å². The van der Waals surface area contributed by atoms with Crippen molar-refractivity contribution in [1.29, 1.82) is 0 Å². The molecule has 82 heavy (non-hydrogen) atoms. The van der Waals surface area contributed by atoms with Crippen LogP contribution in [0.1, 0.15) is 27.2 Å². The second-order valence-corrected chi connectivity index (χ2v) is 22.3. The highest BCUT2D eigenvalue weighted by atomic mass is 32.3. The molecule has 468 valence electrons. The van der Waals surface area contributed by atoms with Gasteiger partial charge in [-0.2, -0.15) is 21.6 Å². The summed E-state index contributed by atoms with van der Waals surface area (Å²) in [4.78, 5) is 62.6. The standard InChI is InChI=1S/C42H63N3O35S2/c1-9-19(43-10(2)47)39(79-33-27(55)28(56)42(80-34(33)37(61)62)78-31-17-7-69-38(74-17)21(25(31)53)45-81(63,64)65)73-16(6-46)29(9)71-14-4-12(35(57)58)30(26(54)23(14)51)76-40-20(44-11(3)48)24(52)32(18(75-40)8-70-82(66,67)68)77-41-22(50)13(49)5-15(72-41)36(59)60/h5,9,12-14,16-34,38-42,45-46,49-56H,4,6-8H2,1-3H3,(H,43,47)(H,44,48)(H,57,58)(H,59,60)(H,61,62)(H,63,64,65)(H,66,67,68)/t9-,12?,13+,14-,16-,17-,18-,19-,20-,21-,22-,23+,24-,25-,26-,27-,28-,29+,30-,31?,32-,33?,34?,38-,39-,40-,41+,42-/m1/s1. The monoisotopic (exact) mass is 1230 g/mol. The number of carbonyl (C=O) groups is 5. The molecule has 6 fully saturated rings. The second kappa shape index (κ2) is 26.2. The number of nitrogens with one attached hydrogen (secondary N) is 3. The van der Waals surface area contributed by atoms with Gasteiger partial charge >= 0.3 is 38.6 Å². The van der Waals surface area contributed by atoms with E-state index in [4.69, 9.17) is 52.1 Å². The van der Waals surface area contributed by atoms with Crippen molar-refractivity contribution in [3.05, 3.63) is 11.8 Å². The normalized spacial score (nSPS) is 44.3. The molecule has 0 aromatic carbocycles. The molecular formula is C42H63N3O35S2. The maximum absolute atomic E-state index is 13.0. The number of hydrogen-bond donors (Lipinski definition) is 17. The fourth-order valence-electron chi connectivity index (χ4n) is 10.5. The first kappa shape index (κ1) is 65.4. The lowest BCUT2D eigenvalue weighted by atomic mass is 9.79. The van der Waals surface area contributed by atoms with E-state index in [1.165, 1.54) is 6.92 Å². The van der Waals surface area contributed by atoms with Gasteiger partial charge in [-0.3, -0.25) is 23.5 Å². The summed E-state index contributed by atoms with van der Waals surface area (Å²) in [5.41, 5.74) is 0. The van der Waals surface area contributed by atoms with E-state index in [1.54, 1.807) is 4.72 Å². The topological polar surface area (TPSA) is 584 Å². The Morgan fingerprint density at radius 2 is 1.20 bits per heavy atom. The van der Waals surface area contributed by atoms with Crippen LogP contribution in [0.3, 0.4) is 0 Å². The molecule has 0 radical (unpaired) electrons. The average molecular weight is 1230 g/mol. The molecule has 0 spiro atoms. The summed E-state index contributed by atoms with van der Waals surface area (Å²) in [6.45, 7) is 0.623. The largest absolute Gasteiger partial charge is 0.481 e. The van der Waals surface area contributed by atoms with Crippen LogP contribution in [0.4, 0.5) is 0 Å². The van der Waals surface area contributed by atoms with E-state index in [9.17, 15) is 111 Å². The van der Waals surface area contributed by atoms with E-state index in [0.29, 0.717) is 6.08 Å². The smallest absolute Gasteiger partial charge is 0.397 e. The zero-order chi connectivity index (χ0) is 60.8. The van der Waals surface area contributed by atoms with E-state index < -0.39 is 247 Å². The lowest BCUT2D eigenvalue weighted by molar-refractivity contribution is -0.355. The van der Waals surface area contributed by atoms with Crippen LogP contribution in [0.5, 0.6) is 0 Å². The van der Waals surface area contributed by atoms with Crippen molar-refractivity contribution >= 4 is 50.4 Å². The molecule has 38 nitrogen and oxygen atoms in total. The molecular weight excluding hydrogens is 1170 g/mol. The minimum Gasteiger partial charge on any atom is -0.481 e. The minimum atomic E-state index is -5.36. The summed E-state index contributed by atoms with van der Waals surface area (Å²) < 4.78 is 134. The van der Waals surface area contributed by atoms with E-state index in [1.807, 2.05) is 0 Å². The average Bonchev–Trinajstić information content (AvgIpc) is 3.92. The van der Waals surface area contributed by atoms with Crippen molar-refractivity contribution in [2.75, 3.05) is 19.8 Å². The zero-order valence-corrected chi connectivity index (χ0v) is 44.4. The van der Waals surface area contributed by atoms with Crippen molar-refractivity contribution in [2.24, 2.45) is 11.8 Å². The highest BCUT2D eigenvalue weighted by molar-refractivity contribution is 7.83. The first-order valence-corrected chi connectivity index (χ1v) is 27.5. The number of carboxylic acid groups (broad SMARTS) is 3. The molecule has 6 aliphatic heterocycles. The van der Waals surface area contributed by atoms with Crippen molar-refractivity contribution in [3.63, 3.8) is 0 Å². The Morgan fingerprint density at radius 3 is 1.78 bits per heavy atom. The first-order valence-electron chi connectivity index (χ1n) is 24.7. The van der Waals surface area contributed by atoms with Crippen LogP contribution in [-0.4, -0.2) is 296 Å². The Labute approximate surface area is 462 Å². The summed E-state index contributed by atoms with van der Waals surface area (Å²) in [6, 6.07) is -5.14. The maximum atomic E-state index is 13.0. The highest BCUT2D eigenvalue weighted by Gasteiger charge is 2.59. The third kappa shape index (κ3) is 14.7. The van der Waals surface area contributed by atoms with Gasteiger partial charge < -0.3 is 124 Å². The molecule has 1 saturated carbocycles. The van der Waals surface area contributed by atoms with E-state index >= 15 is 0 Å². The molecule has 28 atom stereocenters. The quantitative estimate of drug-likeness (QED) is 0.0475. The SMILES string of the molecule is CC(=O)N[C@H]1[C@@H](OC2C(C(=O)O)O[C@@H](OC3[C@H]4CO[C@H](O4)[C@H](NS(=O)(=O)O)[C@H]3O)[C@H](O)[C@H]2O)O[C@H](CO)[C@@H](O[C@@H]2CC(C(=O)O)[C@@H](O[C@H]3O[C@H](COS(=O)(=O)O)[C@@H](O[C@@H]4OC(C(=O)O)=C[C@H](O)[C@H]4O)[C@H](O)[C@H]3NC(C)=O)[C@H](O)[C@H]2O)[C@@H]1C. The van der Waals surface area contributed by atoms with Gasteiger partial charge in [-0.15, -0.1) is 0 Å². The van der Waals surface area contributed by atoms with Crippen molar-refractivity contribution < 1.29 is 167 Å². The number of amides is 2. The summed E-state index contributed by atoms with van der Waals surface area (Å²) in [6.07, 6.45) is -45.8. The number of aliphatic hydroxyl groups excluding tert-OH is 9. The van der Waals surface area contributed by atoms with Crippen molar-refractivity contribution in [1.82, 2.24) is 15.4 Å². The second-order valence-electron chi connectivity index (χ2n) is 20.0. The van der Waals surface area contributed by atoms with Crippen LogP contribution in [0.2, 0.25) is 0 Å². The van der Waals surface area contributed by atoms with Gasteiger partial charge in [-0.05, 0) is 12.5 Å². The molecule has 40 heteroatoms. The fourth-order valence-corrected chi connectivity index (χ4v) is 11.4. The van der Waals surface area contributed by atoms with Gasteiger partial charge in [0, 0.05) is 19.8 Å². The Morgan fingerprint density at radius 1 is 0.622 bits per heavy atom. The third-order valence-electron chi connectivity index (χ3n) is 14.4. The van der Waals surface area contributed by atoms with Gasteiger partial charge in [-0.1, -0.05) is 6.92 Å². The molecule has 0 aromatic heterocycles. The van der Waals surface area contributed by atoms with E-state index in [2.05, 4.69) is 14.8 Å². The van der Waals surface area contributed by atoms with Gasteiger partial charge in [0.15, 0.2) is 31.3 Å². The van der Waals surface area contributed by atoms with Gasteiger partial charge in [0.2, 0.25) is 23.9 Å². The lowest BCUT2D eigenvalue weighted by Gasteiger charge is -2.50. The van der Waals surface area contributed by atoms with Crippen LogP contribution in [0.15, 0.2) is 11.8 Å². The van der Waals surface area contributed by atoms with Crippen LogP contribution < -0.4 is 15.4 Å². The van der Waals surface area contributed by atoms with Gasteiger partial charge in [0.1, 0.15) is 104 Å². The van der Waals surface area contributed by atoms with Crippen LogP contribution in [-0.2, 0) is 101 Å². The van der Waals surface area contributed by atoms with Crippen LogP contribution >= 0.6 is 0 Å². The predicted octanol–water partition coefficient (Wildman–Crippen LogP) is -10.2. The number of aliphatic carboxylic acids is 3. The molecule has 7 aliphatic rings. The molecule has 5 saturated heterocycles. The Hall–Kier alpha value is -4.13. The molecule has 6 heterocycles. The molecule has 2 bridgehead atoms. The van der Waals surface area contributed by atoms with E-state index in [-0.39, 0.29) is 6.61 Å². The maximum Gasteiger partial charge on any atom is 0.397 e. The number of rotatable bonds is 21. The fraction of sp³-hybridized carbons (Fsp3) is 0.833. The molecule has 4 unspecified atom stereocenters. The van der Waals surface area contributed by atoms with Gasteiger partial charge in [-0.25, -0.2) is 13.8 Å². The summed E-state index contributed by atoms with van der Waals surface area (Å²) in [5, 5.41) is 135. The van der Waals surface area contributed by atoms with Crippen molar-refractivity contribution in [2.45, 2.75) is 187 Å². The summed E-state index contributed by atoms with van der Waals surface area (Å²) in [5.74, 6) is -11.3. The summed E-state index contributed by atoms with van der Waals surface area (Å²) in [7, 11) is -10.3. The first-order chi connectivity index (χ1) is 38.2. The Bertz CT molecular complexity index is 2570. The number of fused-ring (bicyclic) bond motifs is 2. The molecule has 0 aromatic rings. The van der Waals surface area contributed by atoms with Crippen LogP contribution in [0, 0.1) is 11.8 Å². The van der Waals surface area contributed by atoms with Crippen LogP contribution in [0.25, 0.3) is 0 Å². The third-order valence-corrected chi connectivity index (χ3v) is 15.4. The molecule has 1 aliphatic carbocycles. The number of hydrogen-bond acceptors (Lipinski definition) is 30. The highest BCUT2D eigenvalue weighted by Crippen LogP contribution is 2.40. The molecule has 7 rings (SSSR count). The van der Waals surface area contributed by atoms with Crippen molar-refractivity contribution in [3.8, 4) is 0 Å². The van der Waals surface area contributed by atoms with Gasteiger partial charge in [0.05, 0.1) is 44.0 Å². The zero-order valence-electron chi connectivity index (χ0n) is 42.7. The number of carboxylic acids is 3. The Kier molecular flexibility index (Phi) is 20.9. The lowest BCUT2D eigenvalue weighted by Crippen LogP contribution is -2.69. The number of carbonyl (C=O) groups excluding carboxylic acids is 2. The number of aliphatic hydroxyl groups is 9. The van der Waals surface area contributed by atoms with Gasteiger partial charge in [0.25, 0.3) is 0 Å². The predicted molar refractivity (Wildman–Crippen MR) is 248 cm³/mol.